The molecule has 0 N–H and O–H groups in total. The zero-order valence-electron chi connectivity index (χ0n) is 10.1. The first-order chi connectivity index (χ1) is 8.84. The van der Waals surface area contributed by atoms with Gasteiger partial charge in [0.2, 0.25) is 0 Å². The van der Waals surface area contributed by atoms with Gasteiger partial charge in [0.15, 0.2) is 5.82 Å². The molecule has 18 heavy (non-hydrogen) atoms. The maximum atomic E-state index is 4.62. The summed E-state index contributed by atoms with van der Waals surface area (Å²) in [6.45, 7) is 2.98. The second kappa shape index (κ2) is 4.52. The van der Waals surface area contributed by atoms with Gasteiger partial charge in [0.05, 0.1) is 12.3 Å². The lowest BCUT2D eigenvalue weighted by molar-refractivity contribution is 0.758. The van der Waals surface area contributed by atoms with Crippen molar-refractivity contribution in [3.05, 3.63) is 48.4 Å². The molecule has 2 aromatic rings. The van der Waals surface area contributed by atoms with E-state index in [-0.39, 0.29) is 0 Å². The van der Waals surface area contributed by atoms with Gasteiger partial charge in [0.25, 0.3) is 0 Å². The highest BCUT2D eigenvalue weighted by Gasteiger charge is 2.25. The molecular weight excluding hydrogens is 226 g/mol. The number of nitrogens with zero attached hydrogens (tertiary/aromatic N) is 5. The highest BCUT2D eigenvalue weighted by atomic mass is 15.5. The quantitative estimate of drug-likeness (QED) is 0.801. The lowest BCUT2D eigenvalue weighted by Crippen LogP contribution is -2.18. The van der Waals surface area contributed by atoms with Gasteiger partial charge < -0.3 is 0 Å². The van der Waals surface area contributed by atoms with Gasteiger partial charge in [-0.2, -0.15) is 10.2 Å². The summed E-state index contributed by atoms with van der Waals surface area (Å²) in [6, 6.07) is 7.73. The molecule has 2 aromatic heterocycles. The summed E-state index contributed by atoms with van der Waals surface area (Å²) in [5.74, 6) is 1.14. The summed E-state index contributed by atoms with van der Waals surface area (Å²) in [5, 5.41) is 14.5. The van der Waals surface area contributed by atoms with Gasteiger partial charge in [0, 0.05) is 30.1 Å². The number of aromatic nitrogens is 3. The molecule has 3 rings (SSSR count). The third-order valence-corrected chi connectivity index (χ3v) is 2.92. The average Bonchev–Trinajstić information content (AvgIpc) is 2.83. The zero-order chi connectivity index (χ0) is 12.4. The molecule has 5 heteroatoms. The van der Waals surface area contributed by atoms with E-state index in [4.69, 9.17) is 0 Å². The second-order valence-corrected chi connectivity index (χ2v) is 4.29. The molecule has 5 nitrogen and oxygen atoms in total. The molecule has 1 unspecified atom stereocenters. The Balaban J connectivity index is 1.93. The Morgan fingerprint density at radius 1 is 1.22 bits per heavy atom. The van der Waals surface area contributed by atoms with Crippen molar-refractivity contribution in [3.63, 3.8) is 0 Å². The molecule has 1 aliphatic rings. The van der Waals surface area contributed by atoms with Crippen LogP contribution < -0.4 is 5.01 Å². The van der Waals surface area contributed by atoms with Crippen LogP contribution in [0.1, 0.15) is 12.5 Å². The molecule has 0 fully saturated rings. The fourth-order valence-electron chi connectivity index (χ4n) is 2.05. The van der Waals surface area contributed by atoms with Crippen molar-refractivity contribution in [1.29, 1.82) is 0 Å². The number of anilines is 1. The van der Waals surface area contributed by atoms with Crippen molar-refractivity contribution >= 4 is 11.5 Å². The first kappa shape index (κ1) is 10.8. The third kappa shape index (κ3) is 1.95. The molecule has 0 spiro atoms. The van der Waals surface area contributed by atoms with E-state index in [1.54, 1.807) is 12.4 Å². The van der Waals surface area contributed by atoms with Crippen molar-refractivity contribution in [2.75, 3.05) is 11.6 Å². The predicted octanol–water partition coefficient (Wildman–Crippen LogP) is 1.73. The Kier molecular flexibility index (Phi) is 2.72. The lowest BCUT2D eigenvalue weighted by Gasteiger charge is -2.11. The molecule has 0 saturated heterocycles. The SMILES string of the molecule is CC1CN(c2cccnn2)N=C1c1cccnc1. The minimum absolute atomic E-state index is 0.358. The molecular formula is C13H13N5. The van der Waals surface area contributed by atoms with E-state index in [0.717, 1.165) is 23.6 Å². The second-order valence-electron chi connectivity index (χ2n) is 4.29. The standard InChI is InChI=1S/C13H13N5/c1-10-9-18(12-5-3-7-15-16-12)17-13(10)11-4-2-6-14-8-11/h2-8,10H,9H2,1H3. The average molecular weight is 239 g/mol. The molecule has 0 bridgehead atoms. The number of hydrazone groups is 1. The van der Waals surface area contributed by atoms with E-state index in [1.165, 1.54) is 0 Å². The predicted molar refractivity (Wildman–Crippen MR) is 69.3 cm³/mol. The molecule has 1 aliphatic heterocycles. The van der Waals surface area contributed by atoms with Crippen LogP contribution >= 0.6 is 0 Å². The van der Waals surface area contributed by atoms with Crippen molar-refractivity contribution in [2.45, 2.75) is 6.92 Å². The van der Waals surface area contributed by atoms with E-state index in [2.05, 4.69) is 27.2 Å². The van der Waals surface area contributed by atoms with Gasteiger partial charge in [-0.15, -0.1) is 5.10 Å². The molecule has 3 heterocycles. The topological polar surface area (TPSA) is 54.3 Å². The molecule has 0 aromatic carbocycles. The van der Waals surface area contributed by atoms with Crippen LogP contribution in [0, 0.1) is 5.92 Å². The van der Waals surface area contributed by atoms with E-state index in [0.29, 0.717) is 5.92 Å². The van der Waals surface area contributed by atoms with Crippen molar-refractivity contribution in [2.24, 2.45) is 11.0 Å². The van der Waals surface area contributed by atoms with Crippen molar-refractivity contribution in [3.8, 4) is 0 Å². The summed E-state index contributed by atoms with van der Waals surface area (Å²) in [4.78, 5) is 4.13. The lowest BCUT2D eigenvalue weighted by atomic mass is 10.0. The Morgan fingerprint density at radius 2 is 2.11 bits per heavy atom. The highest BCUT2D eigenvalue weighted by Crippen LogP contribution is 2.22. The van der Waals surface area contributed by atoms with Crippen molar-refractivity contribution < 1.29 is 0 Å². The molecule has 0 radical (unpaired) electrons. The summed E-state index contributed by atoms with van der Waals surface area (Å²) >= 11 is 0. The van der Waals surface area contributed by atoms with Gasteiger partial charge in [-0.25, -0.2) is 5.01 Å². The smallest absolute Gasteiger partial charge is 0.171 e. The van der Waals surface area contributed by atoms with Crippen LogP contribution in [0.25, 0.3) is 0 Å². The Bertz CT molecular complexity index is 552. The minimum Gasteiger partial charge on any atom is -0.264 e. The minimum atomic E-state index is 0.358. The highest BCUT2D eigenvalue weighted by molar-refractivity contribution is 6.03. The van der Waals surface area contributed by atoms with Gasteiger partial charge in [-0.3, -0.25) is 4.98 Å². The van der Waals surface area contributed by atoms with Crippen LogP contribution in [-0.4, -0.2) is 27.4 Å². The fourth-order valence-corrected chi connectivity index (χ4v) is 2.05. The number of hydrogen-bond acceptors (Lipinski definition) is 5. The fraction of sp³-hybridized carbons (Fsp3) is 0.231. The normalized spacial score (nSPS) is 18.8. The summed E-state index contributed by atoms with van der Waals surface area (Å²) in [7, 11) is 0. The molecule has 1 atom stereocenters. The zero-order valence-corrected chi connectivity index (χ0v) is 10.1. The largest absolute Gasteiger partial charge is 0.264 e. The summed E-state index contributed by atoms with van der Waals surface area (Å²) in [6.07, 6.45) is 5.27. The molecule has 0 aliphatic carbocycles. The van der Waals surface area contributed by atoms with Crippen LogP contribution in [0.2, 0.25) is 0 Å². The van der Waals surface area contributed by atoms with Gasteiger partial charge in [-0.1, -0.05) is 6.92 Å². The third-order valence-electron chi connectivity index (χ3n) is 2.92. The van der Waals surface area contributed by atoms with Gasteiger partial charge >= 0.3 is 0 Å². The maximum absolute atomic E-state index is 4.62. The Morgan fingerprint density at radius 3 is 2.83 bits per heavy atom. The molecule has 0 amide bonds. The van der Waals surface area contributed by atoms with Crippen LogP contribution in [0.5, 0.6) is 0 Å². The maximum Gasteiger partial charge on any atom is 0.171 e. The molecule has 0 saturated carbocycles. The van der Waals surface area contributed by atoms with Crippen LogP contribution in [0.3, 0.4) is 0 Å². The summed E-state index contributed by atoms with van der Waals surface area (Å²) < 4.78 is 0. The van der Waals surface area contributed by atoms with Crippen molar-refractivity contribution in [1.82, 2.24) is 15.2 Å². The van der Waals surface area contributed by atoms with Gasteiger partial charge in [-0.05, 0) is 24.3 Å². The number of hydrogen-bond donors (Lipinski definition) is 0. The van der Waals surface area contributed by atoms with Crippen LogP contribution in [0.4, 0.5) is 5.82 Å². The monoisotopic (exact) mass is 239 g/mol. The number of rotatable bonds is 2. The first-order valence-electron chi connectivity index (χ1n) is 5.89. The number of pyridine rings is 1. The van der Waals surface area contributed by atoms with E-state index in [9.17, 15) is 0 Å². The van der Waals surface area contributed by atoms with E-state index >= 15 is 0 Å². The molecule has 90 valence electrons. The summed E-state index contributed by atoms with van der Waals surface area (Å²) in [5.41, 5.74) is 2.12. The Hall–Kier alpha value is -2.30. The van der Waals surface area contributed by atoms with Gasteiger partial charge in [0.1, 0.15) is 0 Å². The van der Waals surface area contributed by atoms with Crippen LogP contribution in [-0.2, 0) is 0 Å². The van der Waals surface area contributed by atoms with Crippen LogP contribution in [0.15, 0.2) is 48.0 Å². The Labute approximate surface area is 105 Å². The first-order valence-corrected chi connectivity index (χ1v) is 5.89. The van der Waals surface area contributed by atoms with E-state index in [1.807, 2.05) is 35.5 Å². The van der Waals surface area contributed by atoms with E-state index < -0.39 is 0 Å².